The average molecular weight is 348 g/mol. The number of benzene rings is 2. The topological polar surface area (TPSA) is 64.2 Å². The molecule has 0 aliphatic rings. The minimum atomic E-state index is -0.0488. The van der Waals surface area contributed by atoms with Gasteiger partial charge in [0, 0.05) is 11.1 Å². The first-order chi connectivity index (χ1) is 12.6. The molecule has 0 spiro atoms. The standard InChI is InChI=1S/C21H20N2O3/c1-14-4-6-15(7-5-14)19(24)10-9-17-13-18(23-22-17)16-8-11-20(25-2)21(12-16)26-3/h4-13H,1-3H3,(H,22,23)/b10-9+. The first kappa shape index (κ1) is 17.5. The van der Waals surface area contributed by atoms with Gasteiger partial charge in [-0.3, -0.25) is 9.89 Å². The molecule has 0 aliphatic carbocycles. The molecule has 0 unspecified atom stereocenters. The van der Waals surface area contributed by atoms with Crippen LogP contribution in [0.15, 0.2) is 54.6 Å². The van der Waals surface area contributed by atoms with Crippen LogP contribution in [0.2, 0.25) is 0 Å². The third-order valence-corrected chi connectivity index (χ3v) is 4.03. The van der Waals surface area contributed by atoms with Crippen molar-refractivity contribution in [3.8, 4) is 22.8 Å². The second-order valence-corrected chi connectivity index (χ2v) is 5.84. The summed E-state index contributed by atoms with van der Waals surface area (Å²) in [5.74, 6) is 1.25. The van der Waals surface area contributed by atoms with Gasteiger partial charge in [-0.05, 0) is 43.3 Å². The third-order valence-electron chi connectivity index (χ3n) is 4.03. The van der Waals surface area contributed by atoms with E-state index < -0.39 is 0 Å². The number of ketones is 1. The van der Waals surface area contributed by atoms with E-state index in [0.29, 0.717) is 17.1 Å². The maximum atomic E-state index is 12.2. The fourth-order valence-corrected chi connectivity index (χ4v) is 2.54. The molecule has 132 valence electrons. The Morgan fingerprint density at radius 2 is 1.73 bits per heavy atom. The van der Waals surface area contributed by atoms with Crippen molar-refractivity contribution in [3.05, 3.63) is 71.4 Å². The SMILES string of the molecule is COc1ccc(-c2cc(/C=C/C(=O)c3ccc(C)cc3)[nH]n2)cc1OC. The number of nitrogens with zero attached hydrogens (tertiary/aromatic N) is 1. The van der Waals surface area contributed by atoms with Crippen molar-refractivity contribution in [3.63, 3.8) is 0 Å². The number of aromatic amines is 1. The lowest BCUT2D eigenvalue weighted by Crippen LogP contribution is -1.93. The average Bonchev–Trinajstić information content (AvgIpc) is 3.15. The molecule has 0 amide bonds. The lowest BCUT2D eigenvalue weighted by atomic mass is 10.1. The van der Waals surface area contributed by atoms with Gasteiger partial charge in [-0.2, -0.15) is 5.10 Å². The molecule has 2 aromatic carbocycles. The summed E-state index contributed by atoms with van der Waals surface area (Å²) in [4.78, 5) is 12.2. The van der Waals surface area contributed by atoms with Crippen molar-refractivity contribution in [2.24, 2.45) is 0 Å². The van der Waals surface area contributed by atoms with Gasteiger partial charge in [0.2, 0.25) is 0 Å². The van der Waals surface area contributed by atoms with Crippen molar-refractivity contribution in [2.45, 2.75) is 6.92 Å². The number of methoxy groups -OCH3 is 2. The summed E-state index contributed by atoms with van der Waals surface area (Å²) in [5, 5.41) is 7.22. The van der Waals surface area contributed by atoms with E-state index in [9.17, 15) is 4.79 Å². The number of hydrogen-bond acceptors (Lipinski definition) is 4. The Balaban J connectivity index is 1.77. The van der Waals surface area contributed by atoms with Crippen molar-refractivity contribution in [2.75, 3.05) is 14.2 Å². The van der Waals surface area contributed by atoms with Gasteiger partial charge in [0.05, 0.1) is 25.6 Å². The molecule has 5 nitrogen and oxygen atoms in total. The van der Waals surface area contributed by atoms with E-state index in [-0.39, 0.29) is 5.78 Å². The predicted molar refractivity (Wildman–Crippen MR) is 102 cm³/mol. The summed E-state index contributed by atoms with van der Waals surface area (Å²) >= 11 is 0. The molecule has 0 radical (unpaired) electrons. The number of rotatable bonds is 6. The largest absolute Gasteiger partial charge is 0.493 e. The summed E-state index contributed by atoms with van der Waals surface area (Å²) in [6.45, 7) is 1.99. The van der Waals surface area contributed by atoms with Gasteiger partial charge in [-0.25, -0.2) is 0 Å². The molecule has 26 heavy (non-hydrogen) atoms. The highest BCUT2D eigenvalue weighted by Gasteiger charge is 2.09. The molecule has 0 atom stereocenters. The Morgan fingerprint density at radius 3 is 2.42 bits per heavy atom. The van der Waals surface area contributed by atoms with Gasteiger partial charge >= 0.3 is 0 Å². The fourth-order valence-electron chi connectivity index (χ4n) is 2.54. The number of carbonyl (C=O) groups is 1. The van der Waals surface area contributed by atoms with Crippen molar-refractivity contribution < 1.29 is 14.3 Å². The van der Waals surface area contributed by atoms with Crippen molar-refractivity contribution >= 4 is 11.9 Å². The quantitative estimate of drug-likeness (QED) is 0.533. The summed E-state index contributed by atoms with van der Waals surface area (Å²) < 4.78 is 10.6. The number of aromatic nitrogens is 2. The number of H-pyrrole nitrogens is 1. The number of ether oxygens (including phenoxy) is 2. The lowest BCUT2D eigenvalue weighted by molar-refractivity contribution is 0.104. The maximum Gasteiger partial charge on any atom is 0.185 e. The summed E-state index contributed by atoms with van der Waals surface area (Å²) in [6.07, 6.45) is 3.26. The summed E-state index contributed by atoms with van der Waals surface area (Å²) in [6, 6.07) is 15.0. The van der Waals surface area contributed by atoms with E-state index in [4.69, 9.17) is 9.47 Å². The van der Waals surface area contributed by atoms with Crippen LogP contribution in [0.1, 0.15) is 21.6 Å². The molecule has 1 heterocycles. The van der Waals surface area contributed by atoms with E-state index in [1.807, 2.05) is 55.5 Å². The van der Waals surface area contributed by atoms with Crippen LogP contribution in [-0.2, 0) is 0 Å². The smallest absolute Gasteiger partial charge is 0.185 e. The minimum Gasteiger partial charge on any atom is -0.493 e. The second-order valence-electron chi connectivity index (χ2n) is 5.84. The van der Waals surface area contributed by atoms with E-state index in [1.54, 1.807) is 20.3 Å². The fraction of sp³-hybridized carbons (Fsp3) is 0.143. The molecule has 3 aromatic rings. The zero-order chi connectivity index (χ0) is 18.5. The monoisotopic (exact) mass is 348 g/mol. The van der Waals surface area contributed by atoms with Gasteiger partial charge in [0.1, 0.15) is 0 Å². The highest BCUT2D eigenvalue weighted by molar-refractivity contribution is 6.06. The van der Waals surface area contributed by atoms with E-state index in [0.717, 1.165) is 22.5 Å². The Bertz CT molecular complexity index is 940. The number of allylic oxidation sites excluding steroid dienone is 1. The molecule has 0 saturated heterocycles. The number of nitrogens with one attached hydrogen (secondary N) is 1. The normalized spacial score (nSPS) is 10.9. The van der Waals surface area contributed by atoms with E-state index >= 15 is 0 Å². The molecular weight excluding hydrogens is 328 g/mol. The van der Waals surface area contributed by atoms with Gasteiger partial charge < -0.3 is 9.47 Å². The molecule has 1 aromatic heterocycles. The van der Waals surface area contributed by atoms with Crippen molar-refractivity contribution in [1.82, 2.24) is 10.2 Å². The minimum absolute atomic E-state index is 0.0488. The predicted octanol–water partition coefficient (Wildman–Crippen LogP) is 4.30. The first-order valence-electron chi connectivity index (χ1n) is 8.17. The first-order valence-corrected chi connectivity index (χ1v) is 8.17. The Labute approximate surface area is 152 Å². The second kappa shape index (κ2) is 7.70. The Morgan fingerprint density at radius 1 is 1.00 bits per heavy atom. The van der Waals surface area contributed by atoms with Crippen LogP contribution >= 0.6 is 0 Å². The number of aryl methyl sites for hydroxylation is 1. The van der Waals surface area contributed by atoms with Crippen LogP contribution in [0.5, 0.6) is 11.5 Å². The van der Waals surface area contributed by atoms with Crippen LogP contribution < -0.4 is 9.47 Å². The van der Waals surface area contributed by atoms with Crippen LogP contribution in [0.25, 0.3) is 17.3 Å². The van der Waals surface area contributed by atoms with Gasteiger partial charge in [0.25, 0.3) is 0 Å². The molecule has 3 rings (SSSR count). The highest BCUT2D eigenvalue weighted by Crippen LogP contribution is 2.31. The van der Waals surface area contributed by atoms with Gasteiger partial charge in [0.15, 0.2) is 17.3 Å². The van der Waals surface area contributed by atoms with E-state index in [2.05, 4.69) is 10.2 Å². The summed E-state index contributed by atoms with van der Waals surface area (Å²) in [5.41, 5.74) is 4.18. The number of carbonyl (C=O) groups excluding carboxylic acids is 1. The molecule has 0 saturated carbocycles. The van der Waals surface area contributed by atoms with Crippen molar-refractivity contribution in [1.29, 1.82) is 0 Å². The van der Waals surface area contributed by atoms with Crippen LogP contribution in [0.4, 0.5) is 0 Å². The molecule has 0 fully saturated rings. The lowest BCUT2D eigenvalue weighted by Gasteiger charge is -2.08. The zero-order valence-corrected chi connectivity index (χ0v) is 14.9. The highest BCUT2D eigenvalue weighted by atomic mass is 16.5. The Hall–Kier alpha value is -3.34. The van der Waals surface area contributed by atoms with Crippen LogP contribution in [0, 0.1) is 6.92 Å². The number of hydrogen-bond donors (Lipinski definition) is 1. The molecule has 1 N–H and O–H groups in total. The zero-order valence-electron chi connectivity index (χ0n) is 14.9. The van der Waals surface area contributed by atoms with Crippen LogP contribution in [0.3, 0.4) is 0 Å². The molecule has 0 aliphatic heterocycles. The van der Waals surface area contributed by atoms with Gasteiger partial charge in [-0.1, -0.05) is 29.8 Å². The molecule has 0 bridgehead atoms. The third kappa shape index (κ3) is 3.83. The van der Waals surface area contributed by atoms with Crippen LogP contribution in [-0.4, -0.2) is 30.2 Å². The maximum absolute atomic E-state index is 12.2. The Kier molecular flexibility index (Phi) is 5.17. The molecular formula is C21H20N2O3. The van der Waals surface area contributed by atoms with E-state index in [1.165, 1.54) is 6.08 Å². The van der Waals surface area contributed by atoms with Gasteiger partial charge in [-0.15, -0.1) is 0 Å². The summed E-state index contributed by atoms with van der Waals surface area (Å²) in [7, 11) is 3.19. The molecule has 5 heteroatoms.